The zero-order chi connectivity index (χ0) is 13.2. The summed E-state index contributed by atoms with van der Waals surface area (Å²) in [5.41, 5.74) is 0. The predicted octanol–water partition coefficient (Wildman–Crippen LogP) is 0.182. The van der Waals surface area contributed by atoms with Crippen molar-refractivity contribution in [3.8, 4) is 0 Å². The van der Waals surface area contributed by atoms with Crippen molar-refractivity contribution in [3.05, 3.63) is 0 Å². The lowest BCUT2D eigenvalue weighted by atomic mass is 10.2. The van der Waals surface area contributed by atoms with Crippen LogP contribution in [-0.4, -0.2) is 66.7 Å². The second-order valence-corrected chi connectivity index (χ2v) is 5.51. The zero-order valence-corrected chi connectivity index (χ0v) is 11.1. The van der Waals surface area contributed by atoms with Crippen molar-refractivity contribution in [2.24, 2.45) is 0 Å². The van der Waals surface area contributed by atoms with Crippen LogP contribution in [0, 0.1) is 0 Å². The molecule has 1 saturated carbocycles. The van der Waals surface area contributed by atoms with E-state index >= 15 is 0 Å². The van der Waals surface area contributed by atoms with Crippen molar-refractivity contribution in [2.75, 3.05) is 32.8 Å². The molecule has 0 unspecified atom stereocenters. The fourth-order valence-corrected chi connectivity index (χ4v) is 2.75. The molecule has 19 heavy (non-hydrogen) atoms. The molecule has 3 aliphatic rings. The van der Waals surface area contributed by atoms with Crippen LogP contribution in [0.25, 0.3) is 0 Å². The van der Waals surface area contributed by atoms with Crippen LogP contribution >= 0.6 is 0 Å². The molecule has 0 aromatic heterocycles. The van der Waals surface area contributed by atoms with Crippen molar-refractivity contribution >= 4 is 11.9 Å². The third-order valence-corrected chi connectivity index (χ3v) is 4.03. The van der Waals surface area contributed by atoms with Crippen LogP contribution in [-0.2, 0) is 9.53 Å². The highest BCUT2D eigenvalue weighted by Gasteiger charge is 2.38. The summed E-state index contributed by atoms with van der Waals surface area (Å²) >= 11 is 0. The molecule has 0 aromatic carbocycles. The highest BCUT2D eigenvalue weighted by Crippen LogP contribution is 2.23. The summed E-state index contributed by atoms with van der Waals surface area (Å²) in [5.74, 6) is 0.0896. The molecule has 2 saturated heterocycles. The molecule has 3 amide bonds. The van der Waals surface area contributed by atoms with E-state index < -0.39 is 0 Å². The Hall–Kier alpha value is -1.30. The van der Waals surface area contributed by atoms with Crippen molar-refractivity contribution in [3.63, 3.8) is 0 Å². The number of rotatable bonds is 2. The van der Waals surface area contributed by atoms with Crippen LogP contribution in [0.1, 0.15) is 25.7 Å². The molecule has 0 aromatic rings. The quantitative estimate of drug-likeness (QED) is 0.776. The highest BCUT2D eigenvalue weighted by molar-refractivity contribution is 5.88. The maximum absolute atomic E-state index is 12.5. The average molecular weight is 267 g/mol. The van der Waals surface area contributed by atoms with Crippen molar-refractivity contribution in [1.29, 1.82) is 0 Å². The number of amides is 3. The van der Waals surface area contributed by atoms with Gasteiger partial charge in [-0.2, -0.15) is 0 Å². The smallest absolute Gasteiger partial charge is 0.318 e. The molecular formula is C13H21N3O3. The molecule has 2 aliphatic heterocycles. The van der Waals surface area contributed by atoms with E-state index in [9.17, 15) is 9.59 Å². The van der Waals surface area contributed by atoms with E-state index in [0.29, 0.717) is 38.9 Å². The number of urea groups is 1. The zero-order valence-electron chi connectivity index (χ0n) is 11.1. The second-order valence-electron chi connectivity index (χ2n) is 5.51. The number of carbonyl (C=O) groups excluding carboxylic acids is 2. The van der Waals surface area contributed by atoms with Crippen LogP contribution in [0.15, 0.2) is 0 Å². The minimum absolute atomic E-state index is 0.0633. The largest absolute Gasteiger partial charge is 0.378 e. The van der Waals surface area contributed by atoms with Crippen LogP contribution in [0.3, 0.4) is 0 Å². The van der Waals surface area contributed by atoms with Gasteiger partial charge in [-0.25, -0.2) is 4.79 Å². The van der Waals surface area contributed by atoms with E-state index in [-0.39, 0.29) is 18.0 Å². The number of nitrogens with zero attached hydrogens (tertiary/aromatic N) is 2. The number of likely N-dealkylation sites (tertiary alicyclic amines) is 1. The van der Waals surface area contributed by atoms with E-state index in [4.69, 9.17) is 4.74 Å². The summed E-state index contributed by atoms with van der Waals surface area (Å²) < 4.78 is 5.26. The summed E-state index contributed by atoms with van der Waals surface area (Å²) in [4.78, 5) is 28.1. The Labute approximate surface area is 113 Å². The van der Waals surface area contributed by atoms with Gasteiger partial charge in [0.1, 0.15) is 6.04 Å². The summed E-state index contributed by atoms with van der Waals surface area (Å²) in [6, 6.07) is 0.00991. The Morgan fingerprint density at radius 1 is 1.05 bits per heavy atom. The van der Waals surface area contributed by atoms with Crippen LogP contribution in [0.2, 0.25) is 0 Å². The fourth-order valence-electron chi connectivity index (χ4n) is 2.75. The standard InChI is InChI=1S/C13H21N3O3/c17-12(15-6-8-19-9-7-15)11-2-1-5-16(11)13(18)14-10-3-4-10/h10-11H,1-9H2,(H,14,18)/t11-/m0/s1. The molecule has 0 spiro atoms. The van der Waals surface area contributed by atoms with E-state index in [1.54, 1.807) is 4.90 Å². The van der Waals surface area contributed by atoms with E-state index in [2.05, 4.69) is 5.32 Å². The number of nitrogens with one attached hydrogen (secondary N) is 1. The molecule has 106 valence electrons. The van der Waals surface area contributed by atoms with Crippen molar-refractivity contribution in [1.82, 2.24) is 15.1 Å². The summed E-state index contributed by atoms with van der Waals surface area (Å²) in [5, 5.41) is 2.98. The molecule has 3 rings (SSSR count). The molecule has 0 radical (unpaired) electrons. The van der Waals surface area contributed by atoms with Crippen LogP contribution in [0.5, 0.6) is 0 Å². The topological polar surface area (TPSA) is 61.9 Å². The lowest BCUT2D eigenvalue weighted by molar-refractivity contribution is -0.139. The first kappa shape index (κ1) is 12.7. The first-order valence-corrected chi connectivity index (χ1v) is 7.19. The number of ether oxygens (including phenoxy) is 1. The predicted molar refractivity (Wildman–Crippen MR) is 68.7 cm³/mol. The van der Waals surface area contributed by atoms with E-state index in [1.165, 1.54) is 0 Å². The lowest BCUT2D eigenvalue weighted by Gasteiger charge is -2.32. The molecule has 6 heteroatoms. The van der Waals surface area contributed by atoms with Gasteiger partial charge in [0.25, 0.3) is 0 Å². The molecule has 1 N–H and O–H groups in total. The molecular weight excluding hydrogens is 246 g/mol. The summed E-state index contributed by atoms with van der Waals surface area (Å²) in [7, 11) is 0. The fraction of sp³-hybridized carbons (Fsp3) is 0.846. The summed E-state index contributed by atoms with van der Waals surface area (Å²) in [6.07, 6.45) is 3.84. The highest BCUT2D eigenvalue weighted by atomic mass is 16.5. The van der Waals surface area contributed by atoms with E-state index in [1.807, 2.05) is 4.90 Å². The maximum Gasteiger partial charge on any atom is 0.318 e. The molecule has 0 bridgehead atoms. The minimum atomic E-state index is -0.267. The number of morpholine rings is 1. The molecule has 2 heterocycles. The van der Waals surface area contributed by atoms with Gasteiger partial charge in [0.05, 0.1) is 13.2 Å². The van der Waals surface area contributed by atoms with Gasteiger partial charge < -0.3 is 19.9 Å². The van der Waals surface area contributed by atoms with Gasteiger partial charge in [0.2, 0.25) is 5.91 Å². The molecule has 3 fully saturated rings. The Morgan fingerprint density at radius 3 is 2.47 bits per heavy atom. The van der Waals surface area contributed by atoms with Crippen molar-refractivity contribution < 1.29 is 14.3 Å². The molecule has 1 aliphatic carbocycles. The SMILES string of the molecule is O=C([C@@H]1CCCN1C(=O)NC1CC1)N1CCOCC1. The Balaban J connectivity index is 1.60. The van der Waals surface area contributed by atoms with Gasteiger partial charge in [-0.15, -0.1) is 0 Å². The second kappa shape index (κ2) is 5.36. The van der Waals surface area contributed by atoms with Crippen LogP contribution in [0.4, 0.5) is 4.79 Å². The Morgan fingerprint density at radius 2 is 1.79 bits per heavy atom. The Kier molecular flexibility index (Phi) is 3.59. The first-order chi connectivity index (χ1) is 9.25. The van der Waals surface area contributed by atoms with Crippen molar-refractivity contribution in [2.45, 2.75) is 37.8 Å². The normalized spacial score (nSPS) is 27.5. The number of hydrogen-bond donors (Lipinski definition) is 1. The van der Waals surface area contributed by atoms with Crippen LogP contribution < -0.4 is 5.32 Å². The van der Waals surface area contributed by atoms with Gasteiger partial charge in [-0.1, -0.05) is 0 Å². The average Bonchev–Trinajstić information content (AvgIpc) is 3.11. The number of carbonyl (C=O) groups is 2. The third kappa shape index (κ3) is 2.83. The Bertz CT molecular complexity index is 364. The van der Waals surface area contributed by atoms with Gasteiger partial charge >= 0.3 is 6.03 Å². The first-order valence-electron chi connectivity index (χ1n) is 7.19. The monoisotopic (exact) mass is 267 g/mol. The van der Waals surface area contributed by atoms with Gasteiger partial charge in [-0.3, -0.25) is 4.79 Å². The minimum Gasteiger partial charge on any atom is -0.378 e. The maximum atomic E-state index is 12.5. The molecule has 1 atom stereocenters. The van der Waals surface area contributed by atoms with Gasteiger partial charge in [0.15, 0.2) is 0 Å². The summed E-state index contributed by atoms with van der Waals surface area (Å²) in [6.45, 7) is 3.19. The van der Waals surface area contributed by atoms with Gasteiger partial charge in [0, 0.05) is 25.7 Å². The third-order valence-electron chi connectivity index (χ3n) is 4.03. The van der Waals surface area contributed by atoms with Gasteiger partial charge in [-0.05, 0) is 25.7 Å². The number of hydrogen-bond acceptors (Lipinski definition) is 3. The van der Waals surface area contributed by atoms with E-state index in [0.717, 1.165) is 25.7 Å². The molecule has 6 nitrogen and oxygen atoms in total. The lowest BCUT2D eigenvalue weighted by Crippen LogP contribution is -2.53.